The molecule has 2 atom stereocenters. The van der Waals surface area contributed by atoms with Crippen LogP contribution in [0.4, 0.5) is 0 Å². The molecule has 25 heavy (non-hydrogen) atoms. The smallest absolute Gasteiger partial charge is 0.224 e. The van der Waals surface area contributed by atoms with Gasteiger partial charge in [-0.15, -0.1) is 0 Å². The van der Waals surface area contributed by atoms with Crippen LogP contribution < -0.4 is 5.32 Å². The van der Waals surface area contributed by atoms with Gasteiger partial charge in [-0.2, -0.15) is 11.3 Å². The zero-order valence-corrected chi connectivity index (χ0v) is 14.9. The van der Waals surface area contributed by atoms with Crippen molar-refractivity contribution in [2.75, 3.05) is 13.1 Å². The Morgan fingerprint density at radius 1 is 1.48 bits per heavy atom. The van der Waals surface area contributed by atoms with Crippen LogP contribution >= 0.6 is 11.3 Å². The summed E-state index contributed by atoms with van der Waals surface area (Å²) < 4.78 is 5.51. The third-order valence-electron chi connectivity index (χ3n) is 5.05. The molecule has 0 radical (unpaired) electrons. The summed E-state index contributed by atoms with van der Waals surface area (Å²) in [6.45, 7) is 2.30. The average Bonchev–Trinajstić information content (AvgIpc) is 3.31. The standard InChI is InChI=1S/C18H23N3O3S/c22-14-3-5-21(9-14)10-16-15-8-13(1-2-17(15)24-20-16)19-18(23)7-12-4-6-25-11-12/h4,6,11,13-14,22H,1-3,5,7-10H2,(H,19,23)/t13?,14-/m1/s1. The van der Waals surface area contributed by atoms with E-state index in [-0.39, 0.29) is 18.1 Å². The lowest BCUT2D eigenvalue weighted by molar-refractivity contribution is -0.121. The third-order valence-corrected chi connectivity index (χ3v) is 5.78. The number of β-amino-alcohol motifs (C(OH)–C–C–N with tert-alkyl or cyclic N) is 1. The van der Waals surface area contributed by atoms with Gasteiger partial charge in [-0.25, -0.2) is 0 Å². The molecule has 3 heterocycles. The molecule has 2 N–H and O–H groups in total. The quantitative estimate of drug-likeness (QED) is 0.844. The van der Waals surface area contributed by atoms with E-state index in [1.54, 1.807) is 11.3 Å². The molecule has 1 aliphatic heterocycles. The number of carbonyl (C=O) groups excluding carboxylic acids is 1. The number of rotatable bonds is 5. The summed E-state index contributed by atoms with van der Waals surface area (Å²) in [7, 11) is 0. The van der Waals surface area contributed by atoms with Crippen LogP contribution in [0.15, 0.2) is 21.3 Å². The number of likely N-dealkylation sites (tertiary alicyclic amines) is 1. The van der Waals surface area contributed by atoms with Crippen LogP contribution in [-0.4, -0.2) is 46.3 Å². The first-order chi connectivity index (χ1) is 12.2. The first-order valence-electron chi connectivity index (χ1n) is 8.84. The highest BCUT2D eigenvalue weighted by molar-refractivity contribution is 7.07. The van der Waals surface area contributed by atoms with Gasteiger partial charge in [-0.05, 0) is 41.7 Å². The highest BCUT2D eigenvalue weighted by atomic mass is 32.1. The fourth-order valence-electron chi connectivity index (χ4n) is 3.74. The van der Waals surface area contributed by atoms with Gasteiger partial charge in [0.1, 0.15) is 11.5 Å². The summed E-state index contributed by atoms with van der Waals surface area (Å²) in [6.07, 6.45) is 3.51. The van der Waals surface area contributed by atoms with Gasteiger partial charge in [0, 0.05) is 37.7 Å². The molecule has 6 nitrogen and oxygen atoms in total. The number of carbonyl (C=O) groups is 1. The maximum Gasteiger partial charge on any atom is 0.224 e. The molecule has 1 saturated heterocycles. The Balaban J connectivity index is 1.37. The lowest BCUT2D eigenvalue weighted by Crippen LogP contribution is -2.39. The summed E-state index contributed by atoms with van der Waals surface area (Å²) in [5, 5.41) is 21.1. The Morgan fingerprint density at radius 3 is 3.16 bits per heavy atom. The van der Waals surface area contributed by atoms with Crippen LogP contribution in [0.25, 0.3) is 0 Å². The lowest BCUT2D eigenvalue weighted by Gasteiger charge is -2.23. The van der Waals surface area contributed by atoms with Gasteiger partial charge in [0.05, 0.1) is 12.5 Å². The van der Waals surface area contributed by atoms with Crippen molar-refractivity contribution in [1.82, 2.24) is 15.4 Å². The zero-order valence-electron chi connectivity index (χ0n) is 14.1. The predicted octanol–water partition coefficient (Wildman–Crippen LogP) is 1.52. The van der Waals surface area contributed by atoms with Gasteiger partial charge < -0.3 is 14.9 Å². The molecule has 7 heteroatoms. The molecule has 0 spiro atoms. The van der Waals surface area contributed by atoms with E-state index in [2.05, 4.69) is 15.4 Å². The topological polar surface area (TPSA) is 78.6 Å². The summed E-state index contributed by atoms with van der Waals surface area (Å²) in [5.74, 6) is 1.03. The highest BCUT2D eigenvalue weighted by Gasteiger charge is 2.29. The van der Waals surface area contributed by atoms with E-state index in [1.165, 1.54) is 0 Å². The Labute approximate surface area is 150 Å². The van der Waals surface area contributed by atoms with E-state index >= 15 is 0 Å². The van der Waals surface area contributed by atoms with Crippen LogP contribution in [0.1, 0.15) is 35.4 Å². The minimum atomic E-state index is -0.230. The van der Waals surface area contributed by atoms with Crippen molar-refractivity contribution in [3.63, 3.8) is 0 Å². The molecule has 1 fully saturated rings. The van der Waals surface area contributed by atoms with Gasteiger partial charge in [0.2, 0.25) is 5.91 Å². The number of aliphatic hydroxyl groups is 1. The number of aliphatic hydroxyl groups excluding tert-OH is 1. The minimum absolute atomic E-state index is 0.0764. The van der Waals surface area contributed by atoms with Crippen molar-refractivity contribution in [2.45, 2.75) is 50.8 Å². The molecular formula is C18H23N3O3S. The van der Waals surface area contributed by atoms with Crippen LogP contribution in [-0.2, 0) is 30.6 Å². The Morgan fingerprint density at radius 2 is 2.40 bits per heavy atom. The number of fused-ring (bicyclic) bond motifs is 1. The normalized spacial score (nSPS) is 23.6. The number of thiophene rings is 1. The van der Waals surface area contributed by atoms with E-state index in [0.29, 0.717) is 19.5 Å². The van der Waals surface area contributed by atoms with E-state index in [4.69, 9.17) is 4.52 Å². The number of aromatic nitrogens is 1. The minimum Gasteiger partial charge on any atom is -0.392 e. The molecule has 0 saturated carbocycles. The molecular weight excluding hydrogens is 338 g/mol. The summed E-state index contributed by atoms with van der Waals surface area (Å²) in [4.78, 5) is 14.5. The van der Waals surface area contributed by atoms with Crippen molar-refractivity contribution in [1.29, 1.82) is 0 Å². The fraction of sp³-hybridized carbons (Fsp3) is 0.556. The largest absolute Gasteiger partial charge is 0.392 e. The number of hydrogen-bond acceptors (Lipinski definition) is 6. The molecule has 4 rings (SSSR count). The Bertz CT molecular complexity index is 728. The monoisotopic (exact) mass is 361 g/mol. The fourth-order valence-corrected chi connectivity index (χ4v) is 4.40. The number of aryl methyl sites for hydroxylation is 1. The van der Waals surface area contributed by atoms with E-state index in [0.717, 1.165) is 54.8 Å². The second-order valence-corrected chi connectivity index (χ2v) is 7.80. The van der Waals surface area contributed by atoms with Gasteiger partial charge in [0.15, 0.2) is 0 Å². The van der Waals surface area contributed by atoms with Crippen LogP contribution in [0.2, 0.25) is 0 Å². The first kappa shape index (κ1) is 16.8. The Kier molecular flexibility index (Phi) is 4.87. The van der Waals surface area contributed by atoms with Gasteiger partial charge >= 0.3 is 0 Å². The summed E-state index contributed by atoms with van der Waals surface area (Å²) in [6, 6.07) is 2.13. The van der Waals surface area contributed by atoms with Crippen LogP contribution in [0.3, 0.4) is 0 Å². The molecule has 2 aromatic heterocycles. The summed E-state index contributed by atoms with van der Waals surface area (Å²) in [5.41, 5.74) is 3.17. The van der Waals surface area contributed by atoms with E-state index < -0.39 is 0 Å². The van der Waals surface area contributed by atoms with Crippen LogP contribution in [0.5, 0.6) is 0 Å². The number of nitrogens with one attached hydrogen (secondary N) is 1. The maximum atomic E-state index is 12.2. The van der Waals surface area contributed by atoms with Crippen LogP contribution in [0, 0.1) is 0 Å². The molecule has 2 aliphatic rings. The molecule has 0 bridgehead atoms. The molecule has 134 valence electrons. The molecule has 1 unspecified atom stereocenters. The SMILES string of the molecule is O=C(Cc1ccsc1)NC1CCc2onc(CN3CC[C@@H](O)C3)c2C1. The number of nitrogens with zero attached hydrogens (tertiary/aromatic N) is 2. The lowest BCUT2D eigenvalue weighted by atomic mass is 9.91. The van der Waals surface area contributed by atoms with Crippen molar-refractivity contribution >= 4 is 17.2 Å². The average molecular weight is 361 g/mol. The van der Waals surface area contributed by atoms with Crippen molar-refractivity contribution in [3.05, 3.63) is 39.4 Å². The Hall–Kier alpha value is -1.70. The summed E-state index contributed by atoms with van der Waals surface area (Å²) >= 11 is 1.61. The van der Waals surface area contributed by atoms with E-state index in [9.17, 15) is 9.90 Å². The van der Waals surface area contributed by atoms with Crippen molar-refractivity contribution < 1.29 is 14.4 Å². The zero-order chi connectivity index (χ0) is 17.2. The predicted molar refractivity (Wildman–Crippen MR) is 94.4 cm³/mol. The molecule has 1 amide bonds. The molecule has 2 aromatic rings. The second-order valence-electron chi connectivity index (χ2n) is 7.02. The second kappa shape index (κ2) is 7.27. The third kappa shape index (κ3) is 3.94. The van der Waals surface area contributed by atoms with Gasteiger partial charge in [-0.3, -0.25) is 9.69 Å². The molecule has 0 aromatic carbocycles. The van der Waals surface area contributed by atoms with Crippen molar-refractivity contribution in [2.24, 2.45) is 0 Å². The maximum absolute atomic E-state index is 12.2. The van der Waals surface area contributed by atoms with Gasteiger partial charge in [-0.1, -0.05) is 5.16 Å². The number of amides is 1. The first-order valence-corrected chi connectivity index (χ1v) is 9.79. The van der Waals surface area contributed by atoms with Gasteiger partial charge in [0.25, 0.3) is 0 Å². The van der Waals surface area contributed by atoms with E-state index in [1.807, 2.05) is 16.8 Å². The number of hydrogen-bond donors (Lipinski definition) is 2. The van der Waals surface area contributed by atoms with Crippen molar-refractivity contribution in [3.8, 4) is 0 Å². The highest BCUT2D eigenvalue weighted by Crippen LogP contribution is 2.26. The molecule has 1 aliphatic carbocycles.